The maximum Gasteiger partial charge on any atom is 0.138 e. The standard InChI is InChI=1S/C9H13ClN2O/c1-6-3-8(4-12-9(6)10)13-5-7(2)11/h3-4,7H,5,11H2,1-2H3/t7-/m0/s1. The molecule has 0 saturated carbocycles. The molecule has 0 spiro atoms. The van der Waals surface area contributed by atoms with Crippen LogP contribution in [0.5, 0.6) is 5.75 Å². The van der Waals surface area contributed by atoms with E-state index in [1.54, 1.807) is 6.20 Å². The van der Waals surface area contributed by atoms with Crippen LogP contribution in [0.3, 0.4) is 0 Å². The highest BCUT2D eigenvalue weighted by Crippen LogP contribution is 2.17. The molecule has 1 atom stereocenters. The third-order valence-corrected chi connectivity index (χ3v) is 1.90. The second-order valence-electron chi connectivity index (χ2n) is 3.07. The summed E-state index contributed by atoms with van der Waals surface area (Å²) in [5.74, 6) is 0.708. The van der Waals surface area contributed by atoms with E-state index < -0.39 is 0 Å². The van der Waals surface area contributed by atoms with Crippen LogP contribution < -0.4 is 10.5 Å². The lowest BCUT2D eigenvalue weighted by Gasteiger charge is -2.08. The summed E-state index contributed by atoms with van der Waals surface area (Å²) in [6, 6.07) is 1.87. The van der Waals surface area contributed by atoms with Crippen LogP contribution in [0.25, 0.3) is 0 Å². The van der Waals surface area contributed by atoms with Gasteiger partial charge in [-0.15, -0.1) is 0 Å². The van der Waals surface area contributed by atoms with E-state index in [9.17, 15) is 0 Å². The molecule has 0 aliphatic rings. The molecule has 2 N–H and O–H groups in total. The summed E-state index contributed by atoms with van der Waals surface area (Å²) < 4.78 is 5.36. The molecule has 72 valence electrons. The highest BCUT2D eigenvalue weighted by atomic mass is 35.5. The second-order valence-corrected chi connectivity index (χ2v) is 3.43. The third kappa shape index (κ3) is 3.20. The molecule has 13 heavy (non-hydrogen) atoms. The van der Waals surface area contributed by atoms with Gasteiger partial charge in [-0.2, -0.15) is 0 Å². The van der Waals surface area contributed by atoms with E-state index in [0.717, 1.165) is 5.56 Å². The topological polar surface area (TPSA) is 48.1 Å². The predicted molar refractivity (Wildman–Crippen MR) is 53.1 cm³/mol. The van der Waals surface area contributed by atoms with Crippen molar-refractivity contribution in [3.05, 3.63) is 23.0 Å². The number of aromatic nitrogens is 1. The minimum Gasteiger partial charge on any atom is -0.490 e. The largest absolute Gasteiger partial charge is 0.490 e. The van der Waals surface area contributed by atoms with Crippen molar-refractivity contribution in [1.82, 2.24) is 4.98 Å². The van der Waals surface area contributed by atoms with Crippen molar-refractivity contribution in [2.45, 2.75) is 19.9 Å². The van der Waals surface area contributed by atoms with Crippen LogP contribution in [0.4, 0.5) is 0 Å². The van der Waals surface area contributed by atoms with E-state index in [1.807, 2.05) is 19.9 Å². The molecule has 3 nitrogen and oxygen atoms in total. The van der Waals surface area contributed by atoms with E-state index in [2.05, 4.69) is 4.98 Å². The van der Waals surface area contributed by atoms with Gasteiger partial charge in [0.25, 0.3) is 0 Å². The number of nitrogens with two attached hydrogens (primary N) is 1. The van der Waals surface area contributed by atoms with E-state index >= 15 is 0 Å². The molecular formula is C9H13ClN2O. The van der Waals surface area contributed by atoms with E-state index in [4.69, 9.17) is 22.1 Å². The fraction of sp³-hybridized carbons (Fsp3) is 0.444. The first kappa shape index (κ1) is 10.3. The van der Waals surface area contributed by atoms with Gasteiger partial charge in [0.1, 0.15) is 17.5 Å². The van der Waals surface area contributed by atoms with Crippen molar-refractivity contribution in [3.8, 4) is 5.75 Å². The van der Waals surface area contributed by atoms with Crippen molar-refractivity contribution >= 4 is 11.6 Å². The Kier molecular flexibility index (Phi) is 3.51. The van der Waals surface area contributed by atoms with Gasteiger partial charge < -0.3 is 10.5 Å². The summed E-state index contributed by atoms with van der Waals surface area (Å²) in [5, 5.41) is 0.508. The molecular weight excluding hydrogens is 188 g/mol. The van der Waals surface area contributed by atoms with E-state index in [1.165, 1.54) is 0 Å². The van der Waals surface area contributed by atoms with Crippen LogP contribution in [0, 0.1) is 6.92 Å². The normalized spacial score (nSPS) is 12.6. The lowest BCUT2D eigenvalue weighted by molar-refractivity contribution is 0.295. The highest BCUT2D eigenvalue weighted by Gasteiger charge is 2.00. The Labute approximate surface area is 82.9 Å². The molecule has 0 aliphatic carbocycles. The molecule has 4 heteroatoms. The smallest absolute Gasteiger partial charge is 0.138 e. The lowest BCUT2D eigenvalue weighted by atomic mass is 10.3. The maximum atomic E-state index is 5.75. The van der Waals surface area contributed by atoms with Crippen molar-refractivity contribution < 1.29 is 4.74 Å². The molecule has 1 aromatic heterocycles. The zero-order valence-corrected chi connectivity index (χ0v) is 8.51. The molecule has 1 aromatic rings. The Morgan fingerprint density at radius 1 is 1.69 bits per heavy atom. The molecule has 0 radical (unpaired) electrons. The van der Waals surface area contributed by atoms with Crippen LogP contribution >= 0.6 is 11.6 Å². The van der Waals surface area contributed by atoms with Crippen molar-refractivity contribution in [3.63, 3.8) is 0 Å². The molecule has 0 bridgehead atoms. The number of halogens is 1. The van der Waals surface area contributed by atoms with Crippen molar-refractivity contribution in [2.75, 3.05) is 6.61 Å². The Balaban J connectivity index is 2.63. The third-order valence-electron chi connectivity index (χ3n) is 1.50. The van der Waals surface area contributed by atoms with Crippen LogP contribution in [0.1, 0.15) is 12.5 Å². The van der Waals surface area contributed by atoms with E-state index in [-0.39, 0.29) is 6.04 Å². The summed E-state index contributed by atoms with van der Waals surface area (Å²) in [6.07, 6.45) is 1.59. The molecule has 0 unspecified atom stereocenters. The van der Waals surface area contributed by atoms with Gasteiger partial charge in [-0.05, 0) is 25.5 Å². The molecule has 0 fully saturated rings. The first-order chi connectivity index (χ1) is 6.09. The van der Waals surface area contributed by atoms with E-state index in [0.29, 0.717) is 17.5 Å². The predicted octanol–water partition coefficient (Wildman–Crippen LogP) is 1.77. The molecule has 1 rings (SSSR count). The first-order valence-electron chi connectivity index (χ1n) is 4.10. The van der Waals surface area contributed by atoms with Crippen LogP contribution in [0.2, 0.25) is 5.15 Å². The summed E-state index contributed by atoms with van der Waals surface area (Å²) in [6.45, 7) is 4.26. The average Bonchev–Trinajstić information content (AvgIpc) is 2.07. The van der Waals surface area contributed by atoms with Crippen LogP contribution in [-0.4, -0.2) is 17.6 Å². The Hall–Kier alpha value is -0.800. The summed E-state index contributed by atoms with van der Waals surface area (Å²) in [5.41, 5.74) is 6.44. The Morgan fingerprint density at radius 2 is 2.38 bits per heavy atom. The summed E-state index contributed by atoms with van der Waals surface area (Å²) in [7, 11) is 0. The molecule has 0 amide bonds. The first-order valence-corrected chi connectivity index (χ1v) is 4.48. The van der Waals surface area contributed by atoms with Crippen molar-refractivity contribution in [2.24, 2.45) is 5.73 Å². The van der Waals surface area contributed by atoms with Crippen LogP contribution in [-0.2, 0) is 0 Å². The Bertz CT molecular complexity index is 289. The molecule has 0 saturated heterocycles. The number of nitrogens with zero attached hydrogens (tertiary/aromatic N) is 1. The highest BCUT2D eigenvalue weighted by molar-refractivity contribution is 6.30. The minimum absolute atomic E-state index is 0.0241. The monoisotopic (exact) mass is 200 g/mol. The number of hydrogen-bond donors (Lipinski definition) is 1. The van der Waals surface area contributed by atoms with Gasteiger partial charge in [0, 0.05) is 6.04 Å². The fourth-order valence-electron chi connectivity index (χ4n) is 0.839. The quantitative estimate of drug-likeness (QED) is 0.757. The van der Waals surface area contributed by atoms with Gasteiger partial charge >= 0.3 is 0 Å². The van der Waals surface area contributed by atoms with Gasteiger partial charge in [-0.25, -0.2) is 4.98 Å². The van der Waals surface area contributed by atoms with Gasteiger partial charge in [0.2, 0.25) is 0 Å². The number of rotatable bonds is 3. The lowest BCUT2D eigenvalue weighted by Crippen LogP contribution is -2.23. The number of aryl methyl sites for hydroxylation is 1. The number of ether oxygens (including phenoxy) is 1. The molecule has 1 heterocycles. The summed E-state index contributed by atoms with van der Waals surface area (Å²) in [4.78, 5) is 3.96. The number of pyridine rings is 1. The zero-order chi connectivity index (χ0) is 9.84. The number of hydrogen-bond acceptors (Lipinski definition) is 3. The SMILES string of the molecule is Cc1cc(OC[C@H](C)N)cnc1Cl. The zero-order valence-electron chi connectivity index (χ0n) is 7.75. The Morgan fingerprint density at radius 3 is 2.92 bits per heavy atom. The summed E-state index contributed by atoms with van der Waals surface area (Å²) >= 11 is 5.75. The van der Waals surface area contributed by atoms with Gasteiger partial charge in [0.05, 0.1) is 6.20 Å². The maximum absolute atomic E-state index is 5.75. The van der Waals surface area contributed by atoms with Gasteiger partial charge in [-0.1, -0.05) is 11.6 Å². The fourth-order valence-corrected chi connectivity index (χ4v) is 0.942. The molecule has 0 aliphatic heterocycles. The molecule has 0 aromatic carbocycles. The minimum atomic E-state index is 0.0241. The van der Waals surface area contributed by atoms with Crippen molar-refractivity contribution in [1.29, 1.82) is 0 Å². The average molecular weight is 201 g/mol. The second kappa shape index (κ2) is 4.44. The van der Waals surface area contributed by atoms with Gasteiger partial charge in [-0.3, -0.25) is 0 Å². The van der Waals surface area contributed by atoms with Gasteiger partial charge in [0.15, 0.2) is 0 Å². The van der Waals surface area contributed by atoms with Crippen LogP contribution in [0.15, 0.2) is 12.3 Å².